The highest BCUT2D eigenvalue weighted by molar-refractivity contribution is 4.95. The second-order valence-corrected chi connectivity index (χ2v) is 15.6. The molecule has 4 aliphatic rings. The molecule has 0 nitrogen and oxygen atoms in total. The maximum atomic E-state index is 15.6. The van der Waals surface area contributed by atoms with Gasteiger partial charge >= 0.3 is 0 Å². The third kappa shape index (κ3) is 10.2. The molecule has 41 heavy (non-hydrogen) atoms. The molecule has 0 aromatic carbocycles. The van der Waals surface area contributed by atoms with Gasteiger partial charge in [-0.3, -0.25) is 0 Å². The molecule has 0 bridgehead atoms. The first-order valence-corrected chi connectivity index (χ1v) is 18.9. The molecule has 4 rings (SSSR count). The maximum Gasteiger partial charge on any atom is 0.134 e. The van der Waals surface area contributed by atoms with E-state index in [0.717, 1.165) is 83.0 Å². The predicted molar refractivity (Wildman–Crippen MR) is 169 cm³/mol. The van der Waals surface area contributed by atoms with Crippen LogP contribution in [0.2, 0.25) is 0 Å². The quantitative estimate of drug-likeness (QED) is 0.169. The first kappa shape index (κ1) is 33.7. The molecular weight excluding hydrogens is 513 g/mol. The lowest BCUT2D eigenvalue weighted by Crippen LogP contribution is -2.45. The SMILES string of the molecule is CCCCCCCC1CCC(CCC2CCC(C3CCC(C4CCC(CCCCC)CC4)C(F)C3F)CC2)C(F)C1. The molecule has 0 aromatic rings. The van der Waals surface area contributed by atoms with Crippen LogP contribution in [-0.4, -0.2) is 18.5 Å². The molecular formula is C38H67F3. The van der Waals surface area contributed by atoms with Gasteiger partial charge in [-0.05, 0) is 112 Å². The van der Waals surface area contributed by atoms with Crippen LogP contribution in [0.15, 0.2) is 0 Å². The summed E-state index contributed by atoms with van der Waals surface area (Å²) in [4.78, 5) is 0. The molecule has 0 aliphatic heterocycles. The molecule has 0 heterocycles. The van der Waals surface area contributed by atoms with E-state index in [4.69, 9.17) is 0 Å². The number of hydrogen-bond donors (Lipinski definition) is 0. The number of rotatable bonds is 15. The number of hydrogen-bond acceptors (Lipinski definition) is 0. The molecule has 240 valence electrons. The Labute approximate surface area is 253 Å². The molecule has 0 amide bonds. The molecule has 7 atom stereocenters. The van der Waals surface area contributed by atoms with Crippen LogP contribution in [0.1, 0.15) is 174 Å². The molecule has 7 unspecified atom stereocenters. The van der Waals surface area contributed by atoms with E-state index in [1.807, 2.05) is 0 Å². The minimum atomic E-state index is -1.24. The van der Waals surface area contributed by atoms with Gasteiger partial charge in [0.25, 0.3) is 0 Å². The zero-order chi connectivity index (χ0) is 29.0. The minimum absolute atomic E-state index is 0.0287. The lowest BCUT2D eigenvalue weighted by Gasteiger charge is -2.45. The minimum Gasteiger partial charge on any atom is -0.247 e. The van der Waals surface area contributed by atoms with E-state index in [-0.39, 0.29) is 17.8 Å². The third-order valence-electron chi connectivity index (χ3n) is 12.8. The van der Waals surface area contributed by atoms with Crippen molar-refractivity contribution in [2.75, 3.05) is 0 Å². The molecule has 0 N–H and O–H groups in total. The van der Waals surface area contributed by atoms with E-state index in [2.05, 4.69) is 13.8 Å². The van der Waals surface area contributed by atoms with Crippen molar-refractivity contribution in [2.45, 2.75) is 193 Å². The maximum absolute atomic E-state index is 15.6. The van der Waals surface area contributed by atoms with Gasteiger partial charge in [-0.1, -0.05) is 110 Å². The standard InChI is InChI=1S/C38H67F3/c1-3-5-7-8-10-12-30-18-24-33(36(39)27-30)23-17-29-15-21-32(22-16-29)35-26-25-34(37(40)38(35)41)31-19-13-28(14-20-31)11-9-6-4-2/h28-38H,3-27H2,1-2H3. The summed E-state index contributed by atoms with van der Waals surface area (Å²) in [5, 5.41) is 0. The van der Waals surface area contributed by atoms with Crippen molar-refractivity contribution in [3.8, 4) is 0 Å². The largest absolute Gasteiger partial charge is 0.247 e. The normalized spacial score (nSPS) is 40.5. The van der Waals surface area contributed by atoms with E-state index >= 15 is 13.2 Å². The average Bonchev–Trinajstić information content (AvgIpc) is 2.99. The third-order valence-corrected chi connectivity index (χ3v) is 12.8. The molecule has 0 saturated heterocycles. The molecule has 0 radical (unpaired) electrons. The zero-order valence-corrected chi connectivity index (χ0v) is 27.2. The topological polar surface area (TPSA) is 0 Å². The first-order chi connectivity index (χ1) is 20.0. The van der Waals surface area contributed by atoms with E-state index in [1.165, 1.54) is 83.5 Å². The van der Waals surface area contributed by atoms with Gasteiger partial charge < -0.3 is 0 Å². The number of alkyl halides is 3. The smallest absolute Gasteiger partial charge is 0.134 e. The fourth-order valence-corrected chi connectivity index (χ4v) is 9.99. The second-order valence-electron chi connectivity index (χ2n) is 15.6. The Bertz CT molecular complexity index is 679. The number of unbranched alkanes of at least 4 members (excludes halogenated alkanes) is 6. The highest BCUT2D eigenvalue weighted by Gasteiger charge is 2.46. The Kier molecular flexibility index (Phi) is 14.7. The fourth-order valence-electron chi connectivity index (χ4n) is 9.99. The van der Waals surface area contributed by atoms with Gasteiger partial charge in [0.1, 0.15) is 18.5 Å². The lowest BCUT2D eigenvalue weighted by molar-refractivity contribution is -0.0373. The molecule has 0 aromatic heterocycles. The van der Waals surface area contributed by atoms with Crippen LogP contribution in [0, 0.1) is 47.3 Å². The molecule has 0 spiro atoms. The van der Waals surface area contributed by atoms with Gasteiger partial charge in [0.15, 0.2) is 0 Å². The molecule has 4 aliphatic carbocycles. The molecule has 4 fully saturated rings. The van der Waals surface area contributed by atoms with Gasteiger partial charge in [0.2, 0.25) is 0 Å². The zero-order valence-electron chi connectivity index (χ0n) is 27.2. The molecule has 3 heteroatoms. The Hall–Kier alpha value is -0.210. The summed E-state index contributed by atoms with van der Waals surface area (Å²) < 4.78 is 46.2. The van der Waals surface area contributed by atoms with Gasteiger partial charge in [0.05, 0.1) is 0 Å². The first-order valence-electron chi connectivity index (χ1n) is 18.9. The van der Waals surface area contributed by atoms with E-state index in [9.17, 15) is 0 Å². The van der Waals surface area contributed by atoms with E-state index in [0.29, 0.717) is 23.7 Å². The fraction of sp³-hybridized carbons (Fsp3) is 1.00. The van der Waals surface area contributed by atoms with Crippen LogP contribution in [0.5, 0.6) is 0 Å². The van der Waals surface area contributed by atoms with Crippen molar-refractivity contribution in [3.05, 3.63) is 0 Å². The number of halogens is 3. The van der Waals surface area contributed by atoms with Crippen molar-refractivity contribution in [1.82, 2.24) is 0 Å². The predicted octanol–water partition coefficient (Wildman–Crippen LogP) is 12.8. The van der Waals surface area contributed by atoms with Crippen molar-refractivity contribution < 1.29 is 13.2 Å². The summed E-state index contributed by atoms with van der Waals surface area (Å²) in [6.45, 7) is 4.52. The summed E-state index contributed by atoms with van der Waals surface area (Å²) in [6, 6.07) is 0. The van der Waals surface area contributed by atoms with Crippen molar-refractivity contribution in [1.29, 1.82) is 0 Å². The van der Waals surface area contributed by atoms with Crippen LogP contribution in [0.3, 0.4) is 0 Å². The van der Waals surface area contributed by atoms with Crippen LogP contribution >= 0.6 is 0 Å². The summed E-state index contributed by atoms with van der Waals surface area (Å²) >= 11 is 0. The van der Waals surface area contributed by atoms with E-state index in [1.54, 1.807) is 0 Å². The van der Waals surface area contributed by atoms with Crippen LogP contribution in [0.25, 0.3) is 0 Å². The van der Waals surface area contributed by atoms with Crippen molar-refractivity contribution >= 4 is 0 Å². The lowest BCUT2D eigenvalue weighted by atomic mass is 9.63. The second kappa shape index (κ2) is 17.9. The highest BCUT2D eigenvalue weighted by Crippen LogP contribution is 2.49. The van der Waals surface area contributed by atoms with Gasteiger partial charge in [-0.15, -0.1) is 0 Å². The van der Waals surface area contributed by atoms with Gasteiger partial charge in [-0.2, -0.15) is 0 Å². The summed E-state index contributed by atoms with van der Waals surface area (Å²) in [6.07, 6.45) is 26.4. The summed E-state index contributed by atoms with van der Waals surface area (Å²) in [5.41, 5.74) is 0. The average molecular weight is 581 g/mol. The van der Waals surface area contributed by atoms with Crippen molar-refractivity contribution in [3.63, 3.8) is 0 Å². The van der Waals surface area contributed by atoms with Gasteiger partial charge in [-0.25, -0.2) is 13.2 Å². The van der Waals surface area contributed by atoms with Crippen LogP contribution in [-0.2, 0) is 0 Å². The van der Waals surface area contributed by atoms with Crippen molar-refractivity contribution in [2.24, 2.45) is 47.3 Å². The van der Waals surface area contributed by atoms with Crippen LogP contribution in [0.4, 0.5) is 13.2 Å². The Morgan fingerprint density at radius 2 is 0.902 bits per heavy atom. The van der Waals surface area contributed by atoms with Gasteiger partial charge in [0, 0.05) is 0 Å². The Morgan fingerprint density at radius 1 is 0.439 bits per heavy atom. The monoisotopic (exact) mass is 581 g/mol. The van der Waals surface area contributed by atoms with E-state index < -0.39 is 18.5 Å². The Morgan fingerprint density at radius 3 is 1.46 bits per heavy atom. The summed E-state index contributed by atoms with van der Waals surface area (Å²) in [7, 11) is 0. The van der Waals surface area contributed by atoms with Crippen LogP contribution < -0.4 is 0 Å². The Balaban J connectivity index is 1.10. The molecule has 4 saturated carbocycles. The highest BCUT2D eigenvalue weighted by atomic mass is 19.2. The summed E-state index contributed by atoms with van der Waals surface area (Å²) in [5.74, 6) is 3.11.